The van der Waals surface area contributed by atoms with Gasteiger partial charge in [-0.1, -0.05) is 41.4 Å². The van der Waals surface area contributed by atoms with Crippen molar-refractivity contribution in [3.63, 3.8) is 0 Å². The molecule has 0 bridgehead atoms. The lowest BCUT2D eigenvalue weighted by atomic mass is 10.2. The second-order valence-corrected chi connectivity index (χ2v) is 8.93. The van der Waals surface area contributed by atoms with Crippen molar-refractivity contribution >= 4 is 33.2 Å². The Morgan fingerprint density at radius 1 is 1.03 bits per heavy atom. The largest absolute Gasteiger partial charge is 0.495 e. The van der Waals surface area contributed by atoms with E-state index in [1.54, 1.807) is 24.3 Å². The number of carbonyl (C=O) groups is 1. The Morgan fingerprint density at radius 3 is 2.47 bits per heavy atom. The zero-order valence-electron chi connectivity index (χ0n) is 17.6. The smallest absolute Gasteiger partial charge is 0.263 e. The molecule has 7 nitrogen and oxygen atoms in total. The first-order valence-corrected chi connectivity index (χ1v) is 11.6. The standard InChI is InChI=1S/C23H23ClN2O5S/c1-16-7-10-18(11-8-16)31-14-13-25-23(27)17-9-12-19(24)22(15-17)32(28,29)26-20-5-3-4-6-21(20)30-2/h3-12,15,26H,13-14H2,1-2H3,(H,25,27). The van der Waals surface area contributed by atoms with E-state index in [4.69, 9.17) is 21.1 Å². The van der Waals surface area contributed by atoms with Crippen LogP contribution in [0, 0.1) is 6.92 Å². The van der Waals surface area contributed by atoms with Crippen molar-refractivity contribution in [3.05, 3.63) is 82.9 Å². The summed E-state index contributed by atoms with van der Waals surface area (Å²) in [7, 11) is -2.63. The lowest BCUT2D eigenvalue weighted by Gasteiger charge is -2.13. The summed E-state index contributed by atoms with van der Waals surface area (Å²) in [6.07, 6.45) is 0. The van der Waals surface area contributed by atoms with E-state index in [2.05, 4.69) is 10.0 Å². The Hall–Kier alpha value is -3.23. The fraction of sp³-hybridized carbons (Fsp3) is 0.174. The highest BCUT2D eigenvalue weighted by Crippen LogP contribution is 2.29. The summed E-state index contributed by atoms with van der Waals surface area (Å²) in [5.41, 5.74) is 1.54. The highest BCUT2D eigenvalue weighted by Gasteiger charge is 2.21. The number of carbonyl (C=O) groups excluding carboxylic acids is 1. The molecule has 3 rings (SSSR count). The number of anilines is 1. The number of aryl methyl sites for hydroxylation is 1. The lowest BCUT2D eigenvalue weighted by Crippen LogP contribution is -2.28. The molecule has 0 radical (unpaired) electrons. The van der Waals surface area contributed by atoms with Crippen LogP contribution >= 0.6 is 11.6 Å². The highest BCUT2D eigenvalue weighted by molar-refractivity contribution is 7.92. The Labute approximate surface area is 192 Å². The first-order valence-electron chi connectivity index (χ1n) is 9.73. The molecule has 0 spiro atoms. The quantitative estimate of drug-likeness (QED) is 0.452. The molecule has 3 aromatic rings. The summed E-state index contributed by atoms with van der Waals surface area (Å²) < 4.78 is 39.0. The van der Waals surface area contributed by atoms with Gasteiger partial charge in [0.2, 0.25) is 0 Å². The van der Waals surface area contributed by atoms with E-state index in [0.29, 0.717) is 11.5 Å². The average molecular weight is 475 g/mol. The minimum absolute atomic E-state index is 0.00773. The molecule has 0 atom stereocenters. The van der Waals surface area contributed by atoms with Gasteiger partial charge in [-0.15, -0.1) is 0 Å². The fourth-order valence-electron chi connectivity index (χ4n) is 2.85. The topological polar surface area (TPSA) is 93.7 Å². The van der Waals surface area contributed by atoms with Crippen molar-refractivity contribution in [2.45, 2.75) is 11.8 Å². The minimum atomic E-state index is -4.06. The first-order chi connectivity index (χ1) is 15.3. The minimum Gasteiger partial charge on any atom is -0.495 e. The fourth-order valence-corrected chi connectivity index (χ4v) is 4.45. The molecule has 0 heterocycles. The van der Waals surface area contributed by atoms with Crippen LogP contribution in [-0.4, -0.2) is 34.6 Å². The van der Waals surface area contributed by atoms with Crippen LogP contribution in [0.15, 0.2) is 71.6 Å². The number of benzene rings is 3. The molecule has 1 amide bonds. The van der Waals surface area contributed by atoms with E-state index in [-0.39, 0.29) is 34.3 Å². The third-order valence-electron chi connectivity index (χ3n) is 4.51. The number of amides is 1. The molecule has 0 saturated carbocycles. The number of hydrogen-bond donors (Lipinski definition) is 2. The predicted molar refractivity (Wildman–Crippen MR) is 124 cm³/mol. The maximum atomic E-state index is 12.9. The molecule has 0 aliphatic rings. The zero-order chi connectivity index (χ0) is 23.1. The normalized spacial score (nSPS) is 11.0. The summed E-state index contributed by atoms with van der Waals surface area (Å²) in [5.74, 6) is 0.615. The van der Waals surface area contributed by atoms with Crippen molar-refractivity contribution < 1.29 is 22.7 Å². The van der Waals surface area contributed by atoms with Crippen LogP contribution in [0.3, 0.4) is 0 Å². The second-order valence-electron chi connectivity index (χ2n) is 6.87. The Kier molecular flexibility index (Phi) is 7.61. The summed E-state index contributed by atoms with van der Waals surface area (Å²) in [5, 5.41) is 2.70. The van der Waals surface area contributed by atoms with Crippen LogP contribution < -0.4 is 19.5 Å². The van der Waals surface area contributed by atoms with E-state index in [0.717, 1.165) is 5.56 Å². The van der Waals surface area contributed by atoms with E-state index in [1.807, 2.05) is 31.2 Å². The molecule has 32 heavy (non-hydrogen) atoms. The Bertz CT molecular complexity index is 1200. The molecule has 2 N–H and O–H groups in total. The molecular formula is C23H23ClN2O5S. The molecule has 0 unspecified atom stereocenters. The molecule has 0 aliphatic carbocycles. The molecular weight excluding hydrogens is 452 g/mol. The maximum Gasteiger partial charge on any atom is 0.263 e. The average Bonchev–Trinajstić information content (AvgIpc) is 2.78. The van der Waals surface area contributed by atoms with E-state index in [9.17, 15) is 13.2 Å². The number of rotatable bonds is 9. The molecule has 0 fully saturated rings. The van der Waals surface area contributed by atoms with Crippen molar-refractivity contribution in [1.29, 1.82) is 0 Å². The first kappa shape index (κ1) is 23.4. The van der Waals surface area contributed by atoms with Gasteiger partial charge in [0.25, 0.3) is 15.9 Å². The zero-order valence-corrected chi connectivity index (χ0v) is 19.2. The van der Waals surface area contributed by atoms with Gasteiger partial charge in [-0.05, 0) is 49.4 Å². The van der Waals surface area contributed by atoms with Crippen LogP contribution in [0.1, 0.15) is 15.9 Å². The molecule has 0 saturated heterocycles. The van der Waals surface area contributed by atoms with Crippen LogP contribution in [0.4, 0.5) is 5.69 Å². The predicted octanol–water partition coefficient (Wildman–Crippen LogP) is 4.27. The van der Waals surface area contributed by atoms with Gasteiger partial charge in [0, 0.05) is 5.56 Å². The van der Waals surface area contributed by atoms with Gasteiger partial charge in [-0.2, -0.15) is 0 Å². The lowest BCUT2D eigenvalue weighted by molar-refractivity contribution is 0.0947. The number of sulfonamides is 1. The number of methoxy groups -OCH3 is 1. The molecule has 168 valence electrons. The van der Waals surface area contributed by atoms with Crippen LogP contribution in [0.2, 0.25) is 5.02 Å². The van der Waals surface area contributed by atoms with Crippen LogP contribution in [0.5, 0.6) is 11.5 Å². The third kappa shape index (κ3) is 5.93. The third-order valence-corrected chi connectivity index (χ3v) is 6.36. The number of hydrogen-bond acceptors (Lipinski definition) is 5. The summed E-state index contributed by atoms with van der Waals surface area (Å²) in [6.45, 7) is 2.50. The SMILES string of the molecule is COc1ccccc1NS(=O)(=O)c1cc(C(=O)NCCOc2ccc(C)cc2)ccc1Cl. The van der Waals surface area contributed by atoms with E-state index < -0.39 is 15.9 Å². The number of ether oxygens (including phenoxy) is 2. The van der Waals surface area contributed by atoms with Gasteiger partial charge in [0.05, 0.1) is 24.4 Å². The van der Waals surface area contributed by atoms with Gasteiger partial charge >= 0.3 is 0 Å². The second kappa shape index (κ2) is 10.4. The Morgan fingerprint density at radius 2 is 1.75 bits per heavy atom. The molecule has 3 aromatic carbocycles. The Balaban J connectivity index is 1.67. The van der Waals surface area contributed by atoms with Gasteiger partial charge in [0.15, 0.2) is 0 Å². The monoisotopic (exact) mass is 474 g/mol. The summed E-state index contributed by atoms with van der Waals surface area (Å²) >= 11 is 6.13. The highest BCUT2D eigenvalue weighted by atomic mass is 35.5. The van der Waals surface area contributed by atoms with Crippen molar-refractivity contribution in [2.75, 3.05) is 25.0 Å². The molecule has 9 heteroatoms. The van der Waals surface area contributed by atoms with Gasteiger partial charge in [-0.25, -0.2) is 8.42 Å². The van der Waals surface area contributed by atoms with Gasteiger partial charge < -0.3 is 14.8 Å². The number of para-hydroxylation sites is 2. The van der Waals surface area contributed by atoms with Crippen LogP contribution in [0.25, 0.3) is 0 Å². The van der Waals surface area contributed by atoms with Crippen LogP contribution in [-0.2, 0) is 10.0 Å². The molecule has 0 aromatic heterocycles. The maximum absolute atomic E-state index is 12.9. The summed E-state index contributed by atoms with van der Waals surface area (Å²) in [4.78, 5) is 12.3. The van der Waals surface area contributed by atoms with E-state index >= 15 is 0 Å². The number of halogens is 1. The van der Waals surface area contributed by atoms with Crippen molar-refractivity contribution in [1.82, 2.24) is 5.32 Å². The van der Waals surface area contributed by atoms with Crippen molar-refractivity contribution in [2.24, 2.45) is 0 Å². The number of nitrogens with one attached hydrogen (secondary N) is 2. The van der Waals surface area contributed by atoms with Crippen molar-refractivity contribution in [3.8, 4) is 11.5 Å². The van der Waals surface area contributed by atoms with Gasteiger partial charge in [-0.3, -0.25) is 9.52 Å². The van der Waals surface area contributed by atoms with Gasteiger partial charge in [0.1, 0.15) is 23.0 Å². The van der Waals surface area contributed by atoms with E-state index in [1.165, 1.54) is 25.3 Å². The molecule has 0 aliphatic heterocycles. The summed E-state index contributed by atoms with van der Waals surface area (Å²) in [6, 6.07) is 18.2.